The summed E-state index contributed by atoms with van der Waals surface area (Å²) in [7, 11) is 0. The predicted octanol–water partition coefficient (Wildman–Crippen LogP) is 3.74. The quantitative estimate of drug-likeness (QED) is 0.863. The van der Waals surface area contributed by atoms with Crippen molar-refractivity contribution in [2.45, 2.75) is 6.54 Å². The highest BCUT2D eigenvalue weighted by atomic mass is 79.9. The maximum Gasteiger partial charge on any atom is 0.0490 e. The average molecular weight is 372 g/mol. The van der Waals surface area contributed by atoms with Gasteiger partial charge in [-0.15, -0.1) is 0 Å². The molecule has 0 bridgehead atoms. The van der Waals surface area contributed by atoms with E-state index in [1.807, 2.05) is 12.1 Å². The molecule has 0 saturated carbocycles. The number of hydrogen-bond acceptors (Lipinski definition) is 3. The predicted molar refractivity (Wildman–Crippen MR) is 99.6 cm³/mol. The minimum atomic E-state index is 0.953. The second-order valence-corrected chi connectivity index (χ2v) is 6.76. The van der Waals surface area contributed by atoms with Crippen molar-refractivity contribution in [3.8, 4) is 0 Å². The SMILES string of the molecule is C=C(NN1CCN(Cc2ccccc2)CC1)c1ccc(Br)cc1. The van der Waals surface area contributed by atoms with Crippen LogP contribution in [0.2, 0.25) is 0 Å². The third-order valence-electron chi connectivity index (χ3n) is 4.11. The average Bonchev–Trinajstić information content (AvgIpc) is 2.58. The van der Waals surface area contributed by atoms with E-state index in [-0.39, 0.29) is 0 Å². The largest absolute Gasteiger partial charge is 0.319 e. The van der Waals surface area contributed by atoms with E-state index in [4.69, 9.17) is 0 Å². The van der Waals surface area contributed by atoms with E-state index in [1.54, 1.807) is 0 Å². The molecule has 0 unspecified atom stereocenters. The first-order valence-electron chi connectivity index (χ1n) is 7.93. The van der Waals surface area contributed by atoms with Crippen LogP contribution in [-0.4, -0.2) is 36.1 Å². The monoisotopic (exact) mass is 371 g/mol. The Morgan fingerprint density at radius 1 is 0.957 bits per heavy atom. The number of halogens is 1. The molecule has 2 aromatic carbocycles. The zero-order chi connectivity index (χ0) is 16.1. The van der Waals surface area contributed by atoms with E-state index in [0.717, 1.165) is 48.5 Å². The van der Waals surface area contributed by atoms with Gasteiger partial charge >= 0.3 is 0 Å². The minimum absolute atomic E-state index is 0.953. The molecule has 1 fully saturated rings. The third kappa shape index (κ3) is 4.67. The van der Waals surface area contributed by atoms with Crippen LogP contribution in [-0.2, 0) is 6.54 Å². The van der Waals surface area contributed by atoms with Crippen LogP contribution in [0.15, 0.2) is 65.6 Å². The first-order chi connectivity index (χ1) is 11.2. The highest BCUT2D eigenvalue weighted by Crippen LogP contribution is 2.16. The van der Waals surface area contributed by atoms with Gasteiger partial charge in [-0.05, 0) is 23.3 Å². The molecule has 1 N–H and O–H groups in total. The van der Waals surface area contributed by atoms with Gasteiger partial charge in [0.1, 0.15) is 0 Å². The van der Waals surface area contributed by atoms with Crippen molar-refractivity contribution in [1.29, 1.82) is 0 Å². The Labute approximate surface area is 146 Å². The van der Waals surface area contributed by atoms with Crippen molar-refractivity contribution in [1.82, 2.24) is 15.3 Å². The van der Waals surface area contributed by atoms with E-state index in [2.05, 4.69) is 80.3 Å². The van der Waals surface area contributed by atoms with Gasteiger partial charge in [-0.3, -0.25) is 4.90 Å². The van der Waals surface area contributed by atoms with Gasteiger partial charge in [0.05, 0.1) is 0 Å². The molecule has 1 heterocycles. The first kappa shape index (κ1) is 16.2. The van der Waals surface area contributed by atoms with Gasteiger partial charge in [-0.25, -0.2) is 5.01 Å². The highest BCUT2D eigenvalue weighted by molar-refractivity contribution is 9.10. The zero-order valence-electron chi connectivity index (χ0n) is 13.2. The fourth-order valence-corrected chi connectivity index (χ4v) is 3.03. The van der Waals surface area contributed by atoms with Crippen LogP contribution in [0.5, 0.6) is 0 Å². The molecule has 4 heteroatoms. The zero-order valence-corrected chi connectivity index (χ0v) is 14.8. The lowest BCUT2D eigenvalue weighted by molar-refractivity contribution is 0.104. The first-order valence-corrected chi connectivity index (χ1v) is 8.73. The number of piperazine rings is 1. The van der Waals surface area contributed by atoms with Gasteiger partial charge in [-0.1, -0.05) is 65.0 Å². The van der Waals surface area contributed by atoms with E-state index in [0.29, 0.717) is 0 Å². The number of hydrazine groups is 1. The molecule has 2 aromatic rings. The smallest absolute Gasteiger partial charge is 0.0490 e. The molecule has 0 aromatic heterocycles. The standard InChI is InChI=1S/C19H22BrN3/c1-16(18-7-9-19(20)10-8-18)21-23-13-11-22(12-14-23)15-17-5-3-2-4-6-17/h2-10,21H,1,11-15H2. The number of nitrogens with zero attached hydrogens (tertiary/aromatic N) is 2. The summed E-state index contributed by atoms with van der Waals surface area (Å²) in [5.74, 6) is 0. The van der Waals surface area contributed by atoms with Gasteiger partial charge in [0, 0.05) is 42.9 Å². The second kappa shape index (κ2) is 7.77. The Morgan fingerprint density at radius 2 is 1.61 bits per heavy atom. The molecular weight excluding hydrogens is 350 g/mol. The summed E-state index contributed by atoms with van der Waals surface area (Å²) in [6.07, 6.45) is 0. The van der Waals surface area contributed by atoms with Gasteiger partial charge in [0.2, 0.25) is 0 Å². The van der Waals surface area contributed by atoms with Crippen molar-refractivity contribution >= 4 is 21.6 Å². The fraction of sp³-hybridized carbons (Fsp3) is 0.263. The van der Waals surface area contributed by atoms with E-state index < -0.39 is 0 Å². The van der Waals surface area contributed by atoms with Crippen molar-refractivity contribution in [3.05, 3.63) is 76.8 Å². The number of nitrogens with one attached hydrogen (secondary N) is 1. The summed E-state index contributed by atoms with van der Waals surface area (Å²) in [6, 6.07) is 18.9. The van der Waals surface area contributed by atoms with Gasteiger partial charge in [0.15, 0.2) is 0 Å². The van der Waals surface area contributed by atoms with Crippen LogP contribution in [0.3, 0.4) is 0 Å². The van der Waals surface area contributed by atoms with Crippen LogP contribution < -0.4 is 5.43 Å². The minimum Gasteiger partial charge on any atom is -0.319 e. The van der Waals surface area contributed by atoms with Crippen molar-refractivity contribution in [2.75, 3.05) is 26.2 Å². The molecule has 120 valence electrons. The van der Waals surface area contributed by atoms with Gasteiger partial charge in [-0.2, -0.15) is 0 Å². The highest BCUT2D eigenvalue weighted by Gasteiger charge is 2.17. The molecule has 1 saturated heterocycles. The molecule has 0 spiro atoms. The molecule has 0 atom stereocenters. The maximum absolute atomic E-state index is 4.15. The summed E-state index contributed by atoms with van der Waals surface area (Å²) in [5, 5.41) is 2.26. The van der Waals surface area contributed by atoms with Crippen molar-refractivity contribution in [3.63, 3.8) is 0 Å². The van der Waals surface area contributed by atoms with Gasteiger partial charge < -0.3 is 5.43 Å². The molecule has 1 aliphatic rings. The normalized spacial score (nSPS) is 16.2. The van der Waals surface area contributed by atoms with Crippen molar-refractivity contribution < 1.29 is 0 Å². The summed E-state index contributed by atoms with van der Waals surface area (Å²) >= 11 is 3.46. The molecule has 3 nitrogen and oxygen atoms in total. The summed E-state index contributed by atoms with van der Waals surface area (Å²) < 4.78 is 1.09. The Hall–Kier alpha value is -1.62. The molecule has 0 amide bonds. The lowest BCUT2D eigenvalue weighted by atomic mass is 10.2. The Morgan fingerprint density at radius 3 is 2.26 bits per heavy atom. The van der Waals surface area contributed by atoms with Crippen molar-refractivity contribution in [2.24, 2.45) is 0 Å². The summed E-state index contributed by atoms with van der Waals surface area (Å²) in [5.41, 5.74) is 6.90. The fourth-order valence-electron chi connectivity index (χ4n) is 2.77. The van der Waals surface area contributed by atoms with Crippen LogP contribution in [0.25, 0.3) is 5.70 Å². The molecule has 1 aliphatic heterocycles. The lowest BCUT2D eigenvalue weighted by Gasteiger charge is -2.35. The number of benzene rings is 2. The van der Waals surface area contributed by atoms with E-state index in [1.165, 1.54) is 5.56 Å². The molecule has 23 heavy (non-hydrogen) atoms. The molecule has 0 aliphatic carbocycles. The molecule has 3 rings (SSSR count). The summed E-state index contributed by atoms with van der Waals surface area (Å²) in [6.45, 7) is 9.32. The van der Waals surface area contributed by atoms with Crippen LogP contribution in [0.1, 0.15) is 11.1 Å². The van der Waals surface area contributed by atoms with E-state index >= 15 is 0 Å². The van der Waals surface area contributed by atoms with Crippen LogP contribution in [0.4, 0.5) is 0 Å². The van der Waals surface area contributed by atoms with Gasteiger partial charge in [0.25, 0.3) is 0 Å². The Kier molecular flexibility index (Phi) is 5.49. The maximum atomic E-state index is 4.15. The topological polar surface area (TPSA) is 18.5 Å². The van der Waals surface area contributed by atoms with E-state index in [9.17, 15) is 0 Å². The molecular formula is C19H22BrN3. The number of rotatable bonds is 5. The second-order valence-electron chi connectivity index (χ2n) is 5.85. The number of hydrogen-bond donors (Lipinski definition) is 1. The summed E-state index contributed by atoms with van der Waals surface area (Å²) in [4.78, 5) is 2.50. The van der Waals surface area contributed by atoms with Crippen LogP contribution in [0, 0.1) is 0 Å². The lowest BCUT2D eigenvalue weighted by Crippen LogP contribution is -2.50. The molecule has 0 radical (unpaired) electrons. The Balaban J connectivity index is 1.47. The third-order valence-corrected chi connectivity index (χ3v) is 4.64. The Bertz CT molecular complexity index is 631. The van der Waals surface area contributed by atoms with Crippen LogP contribution >= 0.6 is 15.9 Å².